The summed E-state index contributed by atoms with van der Waals surface area (Å²) in [6, 6.07) is 5.63. The third kappa shape index (κ3) is 1.41. The van der Waals surface area contributed by atoms with Crippen LogP contribution in [0.4, 0.5) is 0 Å². The van der Waals surface area contributed by atoms with E-state index in [0.29, 0.717) is 12.4 Å². The SMILES string of the molecule is COc1cccc2c1OCC(C)O2. The van der Waals surface area contributed by atoms with Crippen LogP contribution in [0.3, 0.4) is 0 Å². The maximum atomic E-state index is 5.57. The van der Waals surface area contributed by atoms with E-state index in [2.05, 4.69) is 0 Å². The van der Waals surface area contributed by atoms with Gasteiger partial charge < -0.3 is 14.2 Å². The number of benzene rings is 1. The second kappa shape index (κ2) is 3.17. The van der Waals surface area contributed by atoms with Gasteiger partial charge in [0.1, 0.15) is 12.7 Å². The highest BCUT2D eigenvalue weighted by Crippen LogP contribution is 2.39. The van der Waals surface area contributed by atoms with Gasteiger partial charge in [-0.15, -0.1) is 0 Å². The molecule has 70 valence electrons. The summed E-state index contributed by atoms with van der Waals surface area (Å²) in [6.45, 7) is 2.55. The Hall–Kier alpha value is -1.38. The Morgan fingerprint density at radius 3 is 3.08 bits per heavy atom. The van der Waals surface area contributed by atoms with Crippen LogP contribution in [-0.4, -0.2) is 19.8 Å². The maximum absolute atomic E-state index is 5.57. The topological polar surface area (TPSA) is 27.7 Å². The highest BCUT2D eigenvalue weighted by molar-refractivity contribution is 5.51. The third-order valence-corrected chi connectivity index (χ3v) is 1.95. The van der Waals surface area contributed by atoms with Crippen molar-refractivity contribution in [1.82, 2.24) is 0 Å². The lowest BCUT2D eigenvalue weighted by Gasteiger charge is -2.24. The summed E-state index contributed by atoms with van der Waals surface area (Å²) in [5.41, 5.74) is 0. The van der Waals surface area contributed by atoms with Crippen LogP contribution in [0.5, 0.6) is 17.2 Å². The van der Waals surface area contributed by atoms with Gasteiger partial charge in [-0.3, -0.25) is 0 Å². The molecule has 1 atom stereocenters. The molecule has 0 bridgehead atoms. The summed E-state index contributed by atoms with van der Waals surface area (Å²) in [5.74, 6) is 2.20. The molecule has 1 heterocycles. The van der Waals surface area contributed by atoms with Crippen molar-refractivity contribution in [1.29, 1.82) is 0 Å². The molecule has 3 heteroatoms. The predicted octanol–water partition coefficient (Wildman–Crippen LogP) is 1.85. The zero-order valence-corrected chi connectivity index (χ0v) is 7.74. The molecular formula is C10H12O3. The van der Waals surface area contributed by atoms with Gasteiger partial charge in [-0.25, -0.2) is 0 Å². The third-order valence-electron chi connectivity index (χ3n) is 1.95. The second-order valence-corrected chi connectivity index (χ2v) is 3.03. The highest BCUT2D eigenvalue weighted by Gasteiger charge is 2.20. The minimum absolute atomic E-state index is 0.111. The number of fused-ring (bicyclic) bond motifs is 1. The van der Waals surface area contributed by atoms with Gasteiger partial charge in [0.05, 0.1) is 7.11 Å². The van der Waals surface area contributed by atoms with E-state index >= 15 is 0 Å². The average Bonchev–Trinajstić information content (AvgIpc) is 2.16. The molecule has 1 aliphatic heterocycles. The Bertz CT molecular complexity index is 309. The van der Waals surface area contributed by atoms with Gasteiger partial charge in [0.15, 0.2) is 11.5 Å². The fourth-order valence-corrected chi connectivity index (χ4v) is 1.34. The minimum Gasteiger partial charge on any atom is -0.493 e. The molecule has 3 nitrogen and oxygen atoms in total. The monoisotopic (exact) mass is 180 g/mol. The van der Waals surface area contributed by atoms with Gasteiger partial charge >= 0.3 is 0 Å². The van der Waals surface area contributed by atoms with Crippen LogP contribution in [-0.2, 0) is 0 Å². The molecule has 0 aromatic heterocycles. The van der Waals surface area contributed by atoms with Gasteiger partial charge in [-0.05, 0) is 19.1 Å². The number of hydrogen-bond acceptors (Lipinski definition) is 3. The van der Waals surface area contributed by atoms with E-state index in [1.54, 1.807) is 7.11 Å². The van der Waals surface area contributed by atoms with Crippen molar-refractivity contribution < 1.29 is 14.2 Å². The van der Waals surface area contributed by atoms with Crippen molar-refractivity contribution in [2.45, 2.75) is 13.0 Å². The highest BCUT2D eigenvalue weighted by atomic mass is 16.6. The molecule has 13 heavy (non-hydrogen) atoms. The van der Waals surface area contributed by atoms with Crippen LogP contribution >= 0.6 is 0 Å². The first-order valence-corrected chi connectivity index (χ1v) is 4.27. The number of rotatable bonds is 1. The second-order valence-electron chi connectivity index (χ2n) is 3.03. The molecule has 2 rings (SSSR count). The van der Waals surface area contributed by atoms with Gasteiger partial charge in [-0.1, -0.05) is 6.07 Å². The standard InChI is InChI=1S/C10H12O3/c1-7-6-12-10-8(11-2)4-3-5-9(10)13-7/h3-5,7H,6H2,1-2H3. The summed E-state index contributed by atoms with van der Waals surface area (Å²) < 4.78 is 16.2. The van der Waals surface area contributed by atoms with Gasteiger partial charge in [-0.2, -0.15) is 0 Å². The number of para-hydroxylation sites is 1. The summed E-state index contributed by atoms with van der Waals surface area (Å²) in [6.07, 6.45) is 0.111. The van der Waals surface area contributed by atoms with Crippen LogP contribution in [0.2, 0.25) is 0 Å². The lowest BCUT2D eigenvalue weighted by molar-refractivity contribution is 0.100. The van der Waals surface area contributed by atoms with E-state index in [0.717, 1.165) is 11.5 Å². The van der Waals surface area contributed by atoms with Crippen LogP contribution < -0.4 is 14.2 Å². The lowest BCUT2D eigenvalue weighted by atomic mass is 10.2. The molecule has 0 spiro atoms. The maximum Gasteiger partial charge on any atom is 0.203 e. The molecule has 0 aliphatic carbocycles. The number of ether oxygens (including phenoxy) is 3. The van der Waals surface area contributed by atoms with Crippen molar-refractivity contribution in [2.75, 3.05) is 13.7 Å². The number of hydrogen-bond donors (Lipinski definition) is 0. The summed E-state index contributed by atoms with van der Waals surface area (Å²) in [4.78, 5) is 0. The van der Waals surface area contributed by atoms with E-state index in [4.69, 9.17) is 14.2 Å². The first-order valence-electron chi connectivity index (χ1n) is 4.27. The Balaban J connectivity index is 2.39. The summed E-state index contributed by atoms with van der Waals surface area (Å²) in [5, 5.41) is 0. The molecular weight excluding hydrogens is 168 g/mol. The normalized spacial score (nSPS) is 19.7. The largest absolute Gasteiger partial charge is 0.493 e. The zero-order valence-electron chi connectivity index (χ0n) is 7.74. The molecule has 1 unspecified atom stereocenters. The average molecular weight is 180 g/mol. The van der Waals surface area contributed by atoms with Crippen molar-refractivity contribution >= 4 is 0 Å². The van der Waals surface area contributed by atoms with E-state index in [1.165, 1.54) is 0 Å². The molecule has 0 N–H and O–H groups in total. The van der Waals surface area contributed by atoms with Crippen LogP contribution in [0.15, 0.2) is 18.2 Å². The van der Waals surface area contributed by atoms with Crippen molar-refractivity contribution in [3.05, 3.63) is 18.2 Å². The first-order chi connectivity index (χ1) is 6.31. The van der Waals surface area contributed by atoms with E-state index < -0.39 is 0 Å². The molecule has 0 saturated carbocycles. The van der Waals surface area contributed by atoms with Crippen LogP contribution in [0, 0.1) is 0 Å². The molecule has 0 amide bonds. The van der Waals surface area contributed by atoms with E-state index in [9.17, 15) is 0 Å². The molecule has 0 fully saturated rings. The van der Waals surface area contributed by atoms with E-state index in [-0.39, 0.29) is 6.10 Å². The Kier molecular flexibility index (Phi) is 2.00. The van der Waals surface area contributed by atoms with Crippen LogP contribution in [0.25, 0.3) is 0 Å². The van der Waals surface area contributed by atoms with Gasteiger partial charge in [0, 0.05) is 0 Å². The van der Waals surface area contributed by atoms with Crippen molar-refractivity contribution in [3.8, 4) is 17.2 Å². The molecule has 1 aliphatic rings. The molecule has 1 aromatic carbocycles. The Morgan fingerprint density at radius 1 is 1.46 bits per heavy atom. The van der Waals surface area contributed by atoms with Gasteiger partial charge in [0.25, 0.3) is 0 Å². The Morgan fingerprint density at radius 2 is 2.31 bits per heavy atom. The smallest absolute Gasteiger partial charge is 0.203 e. The van der Waals surface area contributed by atoms with Gasteiger partial charge in [0.2, 0.25) is 5.75 Å². The fraction of sp³-hybridized carbons (Fsp3) is 0.400. The molecule has 1 aromatic rings. The molecule has 0 radical (unpaired) electrons. The predicted molar refractivity (Wildman–Crippen MR) is 48.6 cm³/mol. The lowest BCUT2D eigenvalue weighted by Crippen LogP contribution is -2.25. The van der Waals surface area contributed by atoms with Crippen LogP contribution in [0.1, 0.15) is 6.92 Å². The minimum atomic E-state index is 0.111. The van der Waals surface area contributed by atoms with Crippen molar-refractivity contribution in [2.24, 2.45) is 0 Å². The van der Waals surface area contributed by atoms with E-state index in [1.807, 2.05) is 25.1 Å². The summed E-state index contributed by atoms with van der Waals surface area (Å²) >= 11 is 0. The Labute approximate surface area is 77.2 Å². The summed E-state index contributed by atoms with van der Waals surface area (Å²) in [7, 11) is 1.62. The van der Waals surface area contributed by atoms with Crippen molar-refractivity contribution in [3.63, 3.8) is 0 Å². The molecule has 0 saturated heterocycles. The first kappa shape index (κ1) is 8.23. The fourth-order valence-electron chi connectivity index (χ4n) is 1.34. The zero-order chi connectivity index (χ0) is 9.26. The number of methoxy groups -OCH3 is 1. The quantitative estimate of drug-likeness (QED) is 0.660.